The molecule has 1 atom stereocenters. The highest BCUT2D eigenvalue weighted by atomic mass is 16.1. The van der Waals surface area contributed by atoms with Gasteiger partial charge in [-0.2, -0.15) is 0 Å². The van der Waals surface area contributed by atoms with Gasteiger partial charge < -0.3 is 5.73 Å². The molecule has 1 unspecified atom stereocenters. The number of rotatable bonds is 6. The first-order valence-corrected chi connectivity index (χ1v) is 6.24. The lowest BCUT2D eigenvalue weighted by Crippen LogP contribution is -2.26. The Labute approximate surface area is 104 Å². The molecule has 0 spiro atoms. The number of benzene rings is 1. The highest BCUT2D eigenvalue weighted by Gasteiger charge is 2.23. The highest BCUT2D eigenvalue weighted by Crippen LogP contribution is 2.30. The van der Waals surface area contributed by atoms with Crippen LogP contribution in [0.15, 0.2) is 30.3 Å². The number of primary amides is 1. The van der Waals surface area contributed by atoms with E-state index in [0.29, 0.717) is 0 Å². The third-order valence-corrected chi connectivity index (χ3v) is 3.28. The Hall–Kier alpha value is -1.31. The lowest BCUT2D eigenvalue weighted by molar-refractivity contribution is -0.122. The van der Waals surface area contributed by atoms with Gasteiger partial charge in [0.25, 0.3) is 0 Å². The van der Waals surface area contributed by atoms with Crippen LogP contribution in [0, 0.1) is 11.3 Å². The molecule has 17 heavy (non-hydrogen) atoms. The zero-order valence-corrected chi connectivity index (χ0v) is 11.1. The van der Waals surface area contributed by atoms with Crippen LogP contribution in [0.25, 0.3) is 0 Å². The zero-order valence-electron chi connectivity index (χ0n) is 11.1. The molecule has 0 aliphatic carbocycles. The summed E-state index contributed by atoms with van der Waals surface area (Å²) in [5, 5.41) is 0. The molecular weight excluding hydrogens is 210 g/mol. The number of nitrogens with two attached hydrogens (primary N) is 1. The quantitative estimate of drug-likeness (QED) is 0.805. The van der Waals surface area contributed by atoms with Crippen molar-refractivity contribution < 1.29 is 4.79 Å². The molecule has 94 valence electrons. The van der Waals surface area contributed by atoms with Crippen molar-refractivity contribution in [3.8, 4) is 0 Å². The Balaban J connectivity index is 2.47. The van der Waals surface area contributed by atoms with E-state index >= 15 is 0 Å². The van der Waals surface area contributed by atoms with E-state index in [4.69, 9.17) is 5.73 Å². The van der Waals surface area contributed by atoms with Crippen LogP contribution in [0.5, 0.6) is 0 Å². The van der Waals surface area contributed by atoms with E-state index in [-0.39, 0.29) is 17.2 Å². The summed E-state index contributed by atoms with van der Waals surface area (Å²) in [7, 11) is 0. The minimum absolute atomic E-state index is 0.0410. The van der Waals surface area contributed by atoms with Crippen molar-refractivity contribution in [2.24, 2.45) is 17.1 Å². The summed E-state index contributed by atoms with van der Waals surface area (Å²) in [5.41, 5.74) is 6.82. The molecule has 1 aromatic carbocycles. The van der Waals surface area contributed by atoms with Gasteiger partial charge in [0.2, 0.25) is 5.91 Å². The maximum absolute atomic E-state index is 11.1. The molecule has 1 aromatic rings. The molecular formula is C15H23NO. The molecule has 0 heterocycles. The number of carbonyl (C=O) groups excluding carboxylic acids is 1. The second-order valence-electron chi connectivity index (χ2n) is 5.66. The SMILES string of the molecule is CC(CC(C)(C)CCc1ccccc1)C(N)=O. The average Bonchev–Trinajstić information content (AvgIpc) is 2.27. The van der Waals surface area contributed by atoms with Crippen LogP contribution in [0.1, 0.15) is 39.2 Å². The first kappa shape index (κ1) is 13.8. The molecule has 1 amide bonds. The Morgan fingerprint density at radius 2 is 1.88 bits per heavy atom. The summed E-state index contributed by atoms with van der Waals surface area (Å²) in [5.74, 6) is -0.237. The van der Waals surface area contributed by atoms with Crippen LogP contribution in [0.2, 0.25) is 0 Å². The van der Waals surface area contributed by atoms with Gasteiger partial charge in [-0.05, 0) is 30.2 Å². The van der Waals surface area contributed by atoms with Gasteiger partial charge in [-0.3, -0.25) is 4.79 Å². The normalized spacial score (nSPS) is 13.4. The van der Waals surface area contributed by atoms with Gasteiger partial charge in [0.15, 0.2) is 0 Å². The second kappa shape index (κ2) is 5.85. The standard InChI is InChI=1S/C15H23NO/c1-12(14(16)17)11-15(2,3)10-9-13-7-5-4-6-8-13/h4-8,12H,9-11H2,1-3H3,(H2,16,17). The van der Waals surface area contributed by atoms with E-state index < -0.39 is 0 Å². The van der Waals surface area contributed by atoms with E-state index in [0.717, 1.165) is 19.3 Å². The van der Waals surface area contributed by atoms with Crippen molar-refractivity contribution in [2.45, 2.75) is 40.0 Å². The summed E-state index contributed by atoms with van der Waals surface area (Å²) in [6.45, 7) is 6.32. The van der Waals surface area contributed by atoms with E-state index in [1.165, 1.54) is 5.56 Å². The molecule has 0 fully saturated rings. The molecule has 0 aliphatic rings. The van der Waals surface area contributed by atoms with Gasteiger partial charge in [-0.1, -0.05) is 51.1 Å². The van der Waals surface area contributed by atoms with Crippen molar-refractivity contribution in [3.05, 3.63) is 35.9 Å². The topological polar surface area (TPSA) is 43.1 Å². The minimum Gasteiger partial charge on any atom is -0.369 e. The Kier molecular flexibility index (Phi) is 4.73. The van der Waals surface area contributed by atoms with Crippen molar-refractivity contribution >= 4 is 5.91 Å². The number of hydrogen-bond acceptors (Lipinski definition) is 1. The van der Waals surface area contributed by atoms with Gasteiger partial charge in [0.1, 0.15) is 0 Å². The number of aryl methyl sites for hydroxylation is 1. The van der Waals surface area contributed by atoms with Crippen molar-refractivity contribution in [1.82, 2.24) is 0 Å². The van der Waals surface area contributed by atoms with Crippen LogP contribution < -0.4 is 5.73 Å². The highest BCUT2D eigenvalue weighted by molar-refractivity contribution is 5.76. The summed E-state index contributed by atoms with van der Waals surface area (Å²) < 4.78 is 0. The lowest BCUT2D eigenvalue weighted by atomic mass is 9.78. The largest absolute Gasteiger partial charge is 0.369 e. The first-order chi connectivity index (χ1) is 7.91. The number of carbonyl (C=O) groups is 1. The summed E-state index contributed by atoms with van der Waals surface area (Å²) in [6, 6.07) is 10.5. The lowest BCUT2D eigenvalue weighted by Gasteiger charge is -2.27. The molecule has 0 aromatic heterocycles. The molecule has 1 rings (SSSR count). The molecule has 2 heteroatoms. The molecule has 0 bridgehead atoms. The van der Waals surface area contributed by atoms with Gasteiger partial charge >= 0.3 is 0 Å². The third kappa shape index (κ3) is 5.03. The Morgan fingerprint density at radius 1 is 1.29 bits per heavy atom. The van der Waals surface area contributed by atoms with Crippen molar-refractivity contribution in [2.75, 3.05) is 0 Å². The third-order valence-electron chi connectivity index (χ3n) is 3.28. The second-order valence-corrected chi connectivity index (χ2v) is 5.66. The van der Waals surface area contributed by atoms with Crippen LogP contribution in [0.4, 0.5) is 0 Å². The fraction of sp³-hybridized carbons (Fsp3) is 0.533. The van der Waals surface area contributed by atoms with Crippen LogP contribution in [-0.2, 0) is 11.2 Å². The molecule has 2 nitrogen and oxygen atoms in total. The van der Waals surface area contributed by atoms with Crippen LogP contribution in [0.3, 0.4) is 0 Å². The van der Waals surface area contributed by atoms with Gasteiger partial charge in [-0.15, -0.1) is 0 Å². The fourth-order valence-corrected chi connectivity index (χ4v) is 2.16. The molecule has 0 aliphatic heterocycles. The smallest absolute Gasteiger partial charge is 0.220 e. The summed E-state index contributed by atoms with van der Waals surface area (Å²) >= 11 is 0. The Bertz CT molecular complexity index is 356. The van der Waals surface area contributed by atoms with Crippen LogP contribution in [-0.4, -0.2) is 5.91 Å². The van der Waals surface area contributed by atoms with Crippen LogP contribution >= 0.6 is 0 Å². The van der Waals surface area contributed by atoms with Gasteiger partial charge in [0, 0.05) is 5.92 Å². The molecule has 0 saturated heterocycles. The number of amides is 1. The zero-order chi connectivity index (χ0) is 12.9. The molecule has 2 N–H and O–H groups in total. The monoisotopic (exact) mass is 233 g/mol. The fourth-order valence-electron chi connectivity index (χ4n) is 2.16. The van der Waals surface area contributed by atoms with E-state index in [1.54, 1.807) is 0 Å². The van der Waals surface area contributed by atoms with Gasteiger partial charge in [0.05, 0.1) is 0 Å². The first-order valence-electron chi connectivity index (χ1n) is 6.24. The van der Waals surface area contributed by atoms with E-state index in [1.807, 2.05) is 13.0 Å². The number of hydrogen-bond donors (Lipinski definition) is 1. The molecule has 0 saturated carbocycles. The van der Waals surface area contributed by atoms with E-state index in [9.17, 15) is 4.79 Å². The maximum Gasteiger partial charge on any atom is 0.220 e. The van der Waals surface area contributed by atoms with E-state index in [2.05, 4.69) is 38.1 Å². The minimum atomic E-state index is -0.196. The summed E-state index contributed by atoms with van der Waals surface area (Å²) in [6.07, 6.45) is 2.99. The Morgan fingerprint density at radius 3 is 2.41 bits per heavy atom. The van der Waals surface area contributed by atoms with Crippen molar-refractivity contribution in [1.29, 1.82) is 0 Å². The predicted molar refractivity (Wildman–Crippen MR) is 71.5 cm³/mol. The maximum atomic E-state index is 11.1. The summed E-state index contributed by atoms with van der Waals surface area (Å²) in [4.78, 5) is 11.1. The molecule has 0 radical (unpaired) electrons. The van der Waals surface area contributed by atoms with Gasteiger partial charge in [-0.25, -0.2) is 0 Å². The van der Waals surface area contributed by atoms with Crippen molar-refractivity contribution in [3.63, 3.8) is 0 Å². The average molecular weight is 233 g/mol. The predicted octanol–water partition coefficient (Wildman–Crippen LogP) is 3.16.